The molecule has 0 atom stereocenters. The summed E-state index contributed by atoms with van der Waals surface area (Å²) in [7, 11) is 0. The molecule has 29 heavy (non-hydrogen) atoms. The van der Waals surface area contributed by atoms with Crippen LogP contribution < -0.4 is 10.5 Å². The van der Waals surface area contributed by atoms with Crippen LogP contribution in [0.2, 0.25) is 0 Å². The Kier molecular flexibility index (Phi) is 5.05. The van der Waals surface area contributed by atoms with E-state index in [1.807, 2.05) is 6.92 Å². The van der Waals surface area contributed by atoms with E-state index in [-0.39, 0.29) is 17.2 Å². The fraction of sp³-hybridized carbons (Fsp3) is 0.364. The zero-order chi connectivity index (χ0) is 20.5. The Labute approximate surface area is 169 Å². The number of rotatable bonds is 3. The molecule has 7 nitrogen and oxygen atoms in total. The zero-order valence-electron chi connectivity index (χ0n) is 17.1. The smallest absolute Gasteiger partial charge is 0.283 e. The van der Waals surface area contributed by atoms with Crippen molar-refractivity contribution in [3.63, 3.8) is 0 Å². The molecular weight excluding hydrogens is 366 g/mol. The fourth-order valence-corrected chi connectivity index (χ4v) is 3.89. The molecule has 0 spiro atoms. The average molecular weight is 391 g/mol. The number of carbonyl (C=O) groups excluding carboxylic acids is 1. The molecule has 1 aliphatic rings. The van der Waals surface area contributed by atoms with Crippen LogP contribution in [-0.2, 0) is 6.54 Å². The number of aromatic nitrogens is 3. The standard InChI is InChI=1S/C22H25N5O2/c1-4-27-20-17(8-6-10-23-20)24-19(22(27)29)21(28)26-13-11-25(12-14-26)18-9-5-7-15(2)16(18)3/h5-10H,4,11-14H2,1-3H3. The molecule has 7 heteroatoms. The van der Waals surface area contributed by atoms with Crippen molar-refractivity contribution in [3.8, 4) is 0 Å². The normalized spacial score (nSPS) is 14.4. The summed E-state index contributed by atoms with van der Waals surface area (Å²) in [6.45, 7) is 9.12. The lowest BCUT2D eigenvalue weighted by Gasteiger charge is -2.36. The number of amides is 1. The molecular formula is C22H25N5O2. The van der Waals surface area contributed by atoms with Gasteiger partial charge in [0.05, 0.1) is 0 Å². The van der Waals surface area contributed by atoms with Gasteiger partial charge < -0.3 is 9.80 Å². The monoisotopic (exact) mass is 391 g/mol. The number of benzene rings is 1. The summed E-state index contributed by atoms with van der Waals surface area (Å²) in [6, 6.07) is 9.84. The van der Waals surface area contributed by atoms with Crippen LogP contribution in [0.3, 0.4) is 0 Å². The van der Waals surface area contributed by atoms with Gasteiger partial charge >= 0.3 is 0 Å². The van der Waals surface area contributed by atoms with Crippen molar-refractivity contribution >= 4 is 22.8 Å². The minimum Gasteiger partial charge on any atom is -0.368 e. The van der Waals surface area contributed by atoms with Crippen LogP contribution in [0, 0.1) is 13.8 Å². The number of piperazine rings is 1. The van der Waals surface area contributed by atoms with Gasteiger partial charge in [-0.05, 0) is 50.1 Å². The van der Waals surface area contributed by atoms with Crippen LogP contribution in [0.5, 0.6) is 0 Å². The summed E-state index contributed by atoms with van der Waals surface area (Å²) in [6.07, 6.45) is 1.63. The van der Waals surface area contributed by atoms with Crippen LogP contribution >= 0.6 is 0 Å². The third-order valence-corrected chi connectivity index (χ3v) is 5.70. The molecule has 1 fully saturated rings. The number of pyridine rings is 1. The summed E-state index contributed by atoms with van der Waals surface area (Å²) in [4.78, 5) is 38.6. The fourth-order valence-electron chi connectivity index (χ4n) is 3.89. The minimum absolute atomic E-state index is 0.0208. The van der Waals surface area contributed by atoms with E-state index in [1.54, 1.807) is 23.2 Å². The van der Waals surface area contributed by atoms with Crippen LogP contribution in [0.15, 0.2) is 41.3 Å². The van der Waals surface area contributed by atoms with Gasteiger partial charge in [-0.3, -0.25) is 14.2 Å². The van der Waals surface area contributed by atoms with Crippen molar-refractivity contribution in [2.75, 3.05) is 31.1 Å². The predicted octanol–water partition coefficient (Wildman–Crippen LogP) is 2.39. The van der Waals surface area contributed by atoms with Crippen LogP contribution in [0.25, 0.3) is 11.2 Å². The van der Waals surface area contributed by atoms with Gasteiger partial charge in [-0.15, -0.1) is 0 Å². The van der Waals surface area contributed by atoms with Gasteiger partial charge in [-0.25, -0.2) is 9.97 Å². The Hall–Kier alpha value is -3.22. The van der Waals surface area contributed by atoms with Gasteiger partial charge in [-0.1, -0.05) is 12.1 Å². The van der Waals surface area contributed by atoms with E-state index in [0.717, 1.165) is 13.1 Å². The van der Waals surface area contributed by atoms with Gasteiger partial charge in [-0.2, -0.15) is 0 Å². The van der Waals surface area contributed by atoms with Crippen LogP contribution in [-0.4, -0.2) is 51.5 Å². The van der Waals surface area contributed by atoms with Crippen molar-refractivity contribution in [2.24, 2.45) is 0 Å². The highest BCUT2D eigenvalue weighted by atomic mass is 16.2. The minimum atomic E-state index is -0.374. The molecule has 3 heterocycles. The van der Waals surface area contributed by atoms with E-state index in [1.165, 1.54) is 21.4 Å². The van der Waals surface area contributed by atoms with E-state index in [2.05, 4.69) is 46.9 Å². The molecule has 1 aromatic carbocycles. The highest BCUT2D eigenvalue weighted by Gasteiger charge is 2.27. The largest absolute Gasteiger partial charge is 0.368 e. The van der Waals surface area contributed by atoms with Crippen LogP contribution in [0.1, 0.15) is 28.5 Å². The number of hydrogen-bond donors (Lipinski definition) is 0. The third-order valence-electron chi connectivity index (χ3n) is 5.70. The lowest BCUT2D eigenvalue weighted by Crippen LogP contribution is -2.50. The summed E-state index contributed by atoms with van der Waals surface area (Å²) in [5, 5.41) is 0. The summed E-state index contributed by atoms with van der Waals surface area (Å²) in [5.74, 6) is -0.302. The molecule has 4 rings (SSSR count). The van der Waals surface area contributed by atoms with Gasteiger partial charge in [0.1, 0.15) is 5.52 Å². The molecule has 2 aromatic heterocycles. The first-order valence-electron chi connectivity index (χ1n) is 9.97. The summed E-state index contributed by atoms with van der Waals surface area (Å²) < 4.78 is 1.52. The maximum Gasteiger partial charge on any atom is 0.283 e. The van der Waals surface area contributed by atoms with Crippen molar-refractivity contribution in [2.45, 2.75) is 27.3 Å². The maximum atomic E-state index is 13.1. The lowest BCUT2D eigenvalue weighted by atomic mass is 10.1. The highest BCUT2D eigenvalue weighted by molar-refractivity contribution is 5.93. The number of carbonyl (C=O) groups is 1. The molecule has 0 radical (unpaired) electrons. The first kappa shape index (κ1) is 19.1. The molecule has 150 valence electrons. The quantitative estimate of drug-likeness (QED) is 0.686. The van der Waals surface area contributed by atoms with Gasteiger partial charge in [0.2, 0.25) is 0 Å². The van der Waals surface area contributed by atoms with Crippen molar-refractivity contribution in [1.82, 2.24) is 19.4 Å². The van der Waals surface area contributed by atoms with Crippen molar-refractivity contribution in [1.29, 1.82) is 0 Å². The Morgan fingerprint density at radius 2 is 1.83 bits per heavy atom. The van der Waals surface area contributed by atoms with E-state index in [0.29, 0.717) is 30.8 Å². The van der Waals surface area contributed by atoms with E-state index >= 15 is 0 Å². The number of nitrogens with zero attached hydrogens (tertiary/aromatic N) is 5. The molecule has 0 bridgehead atoms. The SMILES string of the molecule is CCn1c(=O)c(C(=O)N2CCN(c3cccc(C)c3C)CC2)nc2cccnc21. The molecule has 0 N–H and O–H groups in total. The second-order valence-corrected chi connectivity index (χ2v) is 7.35. The summed E-state index contributed by atoms with van der Waals surface area (Å²) >= 11 is 0. The Balaban J connectivity index is 1.58. The topological polar surface area (TPSA) is 71.3 Å². The summed E-state index contributed by atoms with van der Waals surface area (Å²) in [5.41, 5.74) is 4.41. The molecule has 0 saturated carbocycles. The zero-order valence-corrected chi connectivity index (χ0v) is 17.1. The van der Waals surface area contributed by atoms with Crippen LogP contribution in [0.4, 0.5) is 5.69 Å². The average Bonchev–Trinajstić information content (AvgIpc) is 2.75. The molecule has 0 aliphatic carbocycles. The molecule has 0 unspecified atom stereocenters. The van der Waals surface area contributed by atoms with Crippen molar-refractivity contribution in [3.05, 3.63) is 63.7 Å². The van der Waals surface area contributed by atoms with Crippen molar-refractivity contribution < 1.29 is 4.79 Å². The number of hydrogen-bond acceptors (Lipinski definition) is 5. The molecule has 1 aliphatic heterocycles. The molecule has 1 saturated heterocycles. The third kappa shape index (κ3) is 3.37. The number of fused-ring (bicyclic) bond motifs is 1. The number of anilines is 1. The second-order valence-electron chi connectivity index (χ2n) is 7.35. The number of aryl methyl sites for hydroxylation is 2. The first-order valence-corrected chi connectivity index (χ1v) is 9.97. The van der Waals surface area contributed by atoms with E-state index in [4.69, 9.17) is 0 Å². The highest BCUT2D eigenvalue weighted by Crippen LogP contribution is 2.24. The van der Waals surface area contributed by atoms with E-state index in [9.17, 15) is 9.59 Å². The Morgan fingerprint density at radius 3 is 2.55 bits per heavy atom. The van der Waals surface area contributed by atoms with Gasteiger partial charge in [0.15, 0.2) is 11.3 Å². The molecule has 1 amide bonds. The maximum absolute atomic E-state index is 13.1. The lowest BCUT2D eigenvalue weighted by molar-refractivity contribution is 0.0738. The predicted molar refractivity (Wildman–Crippen MR) is 114 cm³/mol. The van der Waals surface area contributed by atoms with E-state index < -0.39 is 0 Å². The van der Waals surface area contributed by atoms with Gasteiger partial charge in [0.25, 0.3) is 11.5 Å². The molecule has 3 aromatic rings. The first-order chi connectivity index (χ1) is 14.0. The second kappa shape index (κ2) is 7.66. The van der Waals surface area contributed by atoms with Gasteiger partial charge in [0, 0.05) is 44.6 Å². The Morgan fingerprint density at radius 1 is 1.07 bits per heavy atom. The Bertz CT molecular complexity index is 1130.